The average molecular weight is 160 g/mol. The molecule has 0 atom stereocenters. The average Bonchev–Trinajstić information content (AvgIpc) is 2.05. The van der Waals surface area contributed by atoms with E-state index in [0.29, 0.717) is 13.2 Å². The highest BCUT2D eigenvalue weighted by Gasteiger charge is 1.97. The SMILES string of the molecule is CCCOC(=NN)OCCC. The first-order valence-corrected chi connectivity index (χ1v) is 3.88. The van der Waals surface area contributed by atoms with Gasteiger partial charge in [-0.3, -0.25) is 0 Å². The summed E-state index contributed by atoms with van der Waals surface area (Å²) < 4.78 is 10.1. The van der Waals surface area contributed by atoms with E-state index in [0.717, 1.165) is 12.8 Å². The maximum absolute atomic E-state index is 5.05. The highest BCUT2D eigenvalue weighted by atomic mass is 16.7. The van der Waals surface area contributed by atoms with Crippen molar-refractivity contribution in [2.75, 3.05) is 13.2 Å². The highest BCUT2D eigenvalue weighted by Crippen LogP contribution is 1.88. The van der Waals surface area contributed by atoms with Crippen LogP contribution in [0, 0.1) is 0 Å². The lowest BCUT2D eigenvalue weighted by Crippen LogP contribution is -2.13. The van der Waals surface area contributed by atoms with E-state index in [1.165, 1.54) is 0 Å². The van der Waals surface area contributed by atoms with E-state index in [1.807, 2.05) is 13.8 Å². The van der Waals surface area contributed by atoms with Gasteiger partial charge in [-0.05, 0) is 12.8 Å². The topological polar surface area (TPSA) is 56.8 Å². The van der Waals surface area contributed by atoms with Crippen molar-refractivity contribution in [3.05, 3.63) is 0 Å². The van der Waals surface area contributed by atoms with Crippen LogP contribution >= 0.6 is 0 Å². The minimum Gasteiger partial charge on any atom is -0.449 e. The van der Waals surface area contributed by atoms with Gasteiger partial charge in [0, 0.05) is 0 Å². The molecule has 0 rings (SSSR count). The van der Waals surface area contributed by atoms with Crippen LogP contribution in [-0.2, 0) is 9.47 Å². The Morgan fingerprint density at radius 1 is 1.18 bits per heavy atom. The molecule has 0 unspecified atom stereocenters. The van der Waals surface area contributed by atoms with Crippen molar-refractivity contribution in [3.8, 4) is 0 Å². The summed E-state index contributed by atoms with van der Waals surface area (Å²) in [6.07, 6.45) is 2.04. The maximum atomic E-state index is 5.05. The molecule has 4 heteroatoms. The lowest BCUT2D eigenvalue weighted by atomic mass is 10.5. The van der Waals surface area contributed by atoms with Gasteiger partial charge in [0.25, 0.3) is 0 Å². The molecule has 4 nitrogen and oxygen atoms in total. The molecule has 11 heavy (non-hydrogen) atoms. The summed E-state index contributed by atoms with van der Waals surface area (Å²) in [4.78, 5) is 0. The van der Waals surface area contributed by atoms with E-state index in [9.17, 15) is 0 Å². The quantitative estimate of drug-likeness (QED) is 0.289. The minimum atomic E-state index is 0.189. The maximum Gasteiger partial charge on any atom is 0.405 e. The van der Waals surface area contributed by atoms with E-state index < -0.39 is 0 Å². The van der Waals surface area contributed by atoms with Crippen molar-refractivity contribution in [1.82, 2.24) is 0 Å². The molecule has 0 aromatic carbocycles. The Kier molecular flexibility index (Phi) is 6.57. The van der Waals surface area contributed by atoms with Gasteiger partial charge in [0.2, 0.25) is 0 Å². The molecular formula is C7H16N2O2. The molecule has 0 saturated heterocycles. The standard InChI is InChI=1S/C7H16N2O2/c1-3-5-10-7(9-8)11-6-4-2/h3-6,8H2,1-2H3. The number of hydrazone groups is 1. The molecule has 0 fully saturated rings. The van der Waals surface area contributed by atoms with Crippen LogP contribution in [0.25, 0.3) is 0 Å². The van der Waals surface area contributed by atoms with E-state index in [2.05, 4.69) is 5.10 Å². The molecule has 66 valence electrons. The third-order valence-corrected chi connectivity index (χ3v) is 0.965. The zero-order valence-electron chi connectivity index (χ0n) is 7.17. The Bertz CT molecular complexity index is 105. The molecule has 0 radical (unpaired) electrons. The molecule has 0 aromatic heterocycles. The highest BCUT2D eigenvalue weighted by molar-refractivity contribution is 5.66. The molecular weight excluding hydrogens is 144 g/mol. The Morgan fingerprint density at radius 2 is 1.64 bits per heavy atom. The second kappa shape index (κ2) is 7.18. The van der Waals surface area contributed by atoms with Crippen LogP contribution < -0.4 is 5.84 Å². The van der Waals surface area contributed by atoms with Crippen LogP contribution in [0.5, 0.6) is 0 Å². The number of nitrogens with zero attached hydrogens (tertiary/aromatic N) is 1. The fourth-order valence-electron chi connectivity index (χ4n) is 0.495. The first kappa shape index (κ1) is 10.1. The van der Waals surface area contributed by atoms with E-state index in [1.54, 1.807) is 0 Å². The minimum absolute atomic E-state index is 0.189. The van der Waals surface area contributed by atoms with Crippen LogP contribution in [0.15, 0.2) is 5.10 Å². The summed E-state index contributed by atoms with van der Waals surface area (Å²) in [5, 5.41) is 3.34. The predicted molar refractivity (Wildman–Crippen MR) is 44.1 cm³/mol. The Labute approximate surface area is 67.4 Å². The first-order valence-electron chi connectivity index (χ1n) is 3.88. The monoisotopic (exact) mass is 160 g/mol. The Morgan fingerprint density at radius 3 is 1.91 bits per heavy atom. The van der Waals surface area contributed by atoms with Crippen molar-refractivity contribution in [1.29, 1.82) is 0 Å². The number of hydrogen-bond donors (Lipinski definition) is 1. The van der Waals surface area contributed by atoms with Crippen LogP contribution in [0.4, 0.5) is 0 Å². The zero-order valence-corrected chi connectivity index (χ0v) is 7.17. The molecule has 0 aliphatic rings. The Hall–Kier alpha value is -0.930. The number of rotatable bonds is 4. The van der Waals surface area contributed by atoms with Gasteiger partial charge >= 0.3 is 6.08 Å². The van der Waals surface area contributed by atoms with Crippen molar-refractivity contribution >= 4 is 6.08 Å². The molecule has 0 bridgehead atoms. The fourth-order valence-corrected chi connectivity index (χ4v) is 0.495. The van der Waals surface area contributed by atoms with Gasteiger partial charge in [0.05, 0.1) is 13.2 Å². The predicted octanol–water partition coefficient (Wildman–Crippen LogP) is 1.07. The lowest BCUT2D eigenvalue weighted by molar-refractivity contribution is 0.164. The van der Waals surface area contributed by atoms with E-state index in [4.69, 9.17) is 15.3 Å². The zero-order chi connectivity index (χ0) is 8.53. The van der Waals surface area contributed by atoms with Gasteiger partial charge in [-0.25, -0.2) is 0 Å². The van der Waals surface area contributed by atoms with Crippen LogP contribution in [0.2, 0.25) is 0 Å². The van der Waals surface area contributed by atoms with Gasteiger partial charge in [-0.2, -0.15) is 0 Å². The summed E-state index contributed by atoms with van der Waals surface area (Å²) in [5.74, 6) is 4.99. The van der Waals surface area contributed by atoms with E-state index >= 15 is 0 Å². The third kappa shape index (κ3) is 5.51. The molecule has 0 aliphatic carbocycles. The van der Waals surface area contributed by atoms with Gasteiger partial charge in [0.15, 0.2) is 0 Å². The van der Waals surface area contributed by atoms with Crippen molar-refractivity contribution in [3.63, 3.8) is 0 Å². The number of nitrogens with two attached hydrogens (primary N) is 1. The van der Waals surface area contributed by atoms with Gasteiger partial charge in [-0.1, -0.05) is 13.8 Å². The van der Waals surface area contributed by atoms with Gasteiger partial charge in [0.1, 0.15) is 0 Å². The summed E-state index contributed by atoms with van der Waals surface area (Å²) in [6, 6.07) is 0. The van der Waals surface area contributed by atoms with Crippen LogP contribution in [0.1, 0.15) is 26.7 Å². The smallest absolute Gasteiger partial charge is 0.405 e. The van der Waals surface area contributed by atoms with Crippen molar-refractivity contribution in [2.24, 2.45) is 10.9 Å². The second-order valence-electron chi connectivity index (χ2n) is 2.09. The number of ether oxygens (including phenoxy) is 2. The van der Waals surface area contributed by atoms with Crippen LogP contribution in [-0.4, -0.2) is 19.3 Å². The van der Waals surface area contributed by atoms with E-state index in [-0.39, 0.29) is 6.08 Å². The Balaban J connectivity index is 3.43. The molecule has 0 spiro atoms. The molecule has 0 aliphatic heterocycles. The van der Waals surface area contributed by atoms with Gasteiger partial charge < -0.3 is 15.3 Å². The second-order valence-corrected chi connectivity index (χ2v) is 2.09. The molecule has 0 saturated carbocycles. The third-order valence-electron chi connectivity index (χ3n) is 0.965. The molecule has 0 amide bonds. The van der Waals surface area contributed by atoms with Crippen molar-refractivity contribution < 1.29 is 9.47 Å². The fraction of sp³-hybridized carbons (Fsp3) is 0.857. The molecule has 0 aromatic rings. The van der Waals surface area contributed by atoms with Crippen LogP contribution in [0.3, 0.4) is 0 Å². The summed E-state index contributed by atoms with van der Waals surface area (Å²) in [5.41, 5.74) is 0. The normalized spacial score (nSPS) is 8.91. The molecule has 0 heterocycles. The summed E-state index contributed by atoms with van der Waals surface area (Å²) >= 11 is 0. The summed E-state index contributed by atoms with van der Waals surface area (Å²) in [6.45, 7) is 5.21. The van der Waals surface area contributed by atoms with Crippen molar-refractivity contribution in [2.45, 2.75) is 26.7 Å². The van der Waals surface area contributed by atoms with Gasteiger partial charge in [-0.15, -0.1) is 5.10 Å². The largest absolute Gasteiger partial charge is 0.449 e. The summed E-state index contributed by atoms with van der Waals surface area (Å²) in [7, 11) is 0. The molecule has 2 N–H and O–H groups in total. The lowest BCUT2D eigenvalue weighted by Gasteiger charge is -2.06. The number of hydrogen-bond acceptors (Lipinski definition) is 4. The first-order chi connectivity index (χ1) is 5.35.